The topological polar surface area (TPSA) is 41.6 Å². The van der Waals surface area contributed by atoms with E-state index < -0.39 is 0 Å². The number of hydrogen-bond donors (Lipinski definition) is 1. The van der Waals surface area contributed by atoms with Gasteiger partial charge in [-0.25, -0.2) is 0 Å². The fourth-order valence-electron chi connectivity index (χ4n) is 3.94. The third kappa shape index (κ3) is 4.48. The number of hydrogen-bond acceptors (Lipinski definition) is 3. The van der Waals surface area contributed by atoms with E-state index in [0.29, 0.717) is 12.2 Å². The van der Waals surface area contributed by atoms with Crippen molar-refractivity contribution in [2.75, 3.05) is 18.1 Å². The summed E-state index contributed by atoms with van der Waals surface area (Å²) in [5, 5.41) is 3.08. The van der Waals surface area contributed by atoms with Gasteiger partial charge in [-0.05, 0) is 67.3 Å². The zero-order valence-corrected chi connectivity index (χ0v) is 17.6. The maximum absolute atomic E-state index is 12.7. The highest BCUT2D eigenvalue weighted by atomic mass is 16.5. The van der Waals surface area contributed by atoms with Crippen molar-refractivity contribution in [2.24, 2.45) is 0 Å². The summed E-state index contributed by atoms with van der Waals surface area (Å²) < 4.78 is 5.48. The van der Waals surface area contributed by atoms with Gasteiger partial charge in [-0.2, -0.15) is 0 Å². The largest absolute Gasteiger partial charge is 0.494 e. The number of nitrogens with one attached hydrogen (secondary N) is 1. The van der Waals surface area contributed by atoms with Crippen LogP contribution in [-0.2, 0) is 13.0 Å². The lowest BCUT2D eigenvalue weighted by molar-refractivity contribution is 0.0940. The van der Waals surface area contributed by atoms with Crippen LogP contribution >= 0.6 is 0 Å². The number of fused-ring (bicyclic) bond motifs is 1. The fourth-order valence-corrected chi connectivity index (χ4v) is 3.94. The van der Waals surface area contributed by atoms with Gasteiger partial charge in [-0.1, -0.05) is 42.5 Å². The molecule has 1 aliphatic heterocycles. The molecule has 0 saturated heterocycles. The summed E-state index contributed by atoms with van der Waals surface area (Å²) in [6.07, 6.45) is 1.10. The minimum Gasteiger partial charge on any atom is -0.494 e. The standard InChI is InChI=1S/C26H28N2O2/c1-3-30-24-14-12-21(13-15-24)19(2)27-26(29)23-10-8-20(9-11-23)18-28-17-16-22-6-4-5-7-25(22)28/h4-15,19H,3,16-18H2,1-2H3,(H,27,29)/t19-/m1/s1. The molecule has 0 spiro atoms. The number of ether oxygens (including phenoxy) is 1. The van der Waals surface area contributed by atoms with Gasteiger partial charge >= 0.3 is 0 Å². The highest BCUT2D eigenvalue weighted by Crippen LogP contribution is 2.28. The van der Waals surface area contributed by atoms with E-state index in [2.05, 4.69) is 46.6 Å². The second-order valence-corrected chi connectivity index (χ2v) is 7.69. The van der Waals surface area contributed by atoms with Gasteiger partial charge in [0.2, 0.25) is 0 Å². The van der Waals surface area contributed by atoms with E-state index >= 15 is 0 Å². The second kappa shape index (κ2) is 9.04. The van der Waals surface area contributed by atoms with Crippen LogP contribution in [0.2, 0.25) is 0 Å². The van der Waals surface area contributed by atoms with Crippen LogP contribution in [0.25, 0.3) is 0 Å². The Hall–Kier alpha value is -3.27. The molecule has 1 atom stereocenters. The maximum atomic E-state index is 12.7. The van der Waals surface area contributed by atoms with Gasteiger partial charge in [-0.3, -0.25) is 4.79 Å². The summed E-state index contributed by atoms with van der Waals surface area (Å²) in [6.45, 7) is 6.51. The Balaban J connectivity index is 1.36. The monoisotopic (exact) mass is 400 g/mol. The molecule has 0 fully saturated rings. The average molecular weight is 401 g/mol. The van der Waals surface area contributed by atoms with Gasteiger partial charge in [0.15, 0.2) is 0 Å². The van der Waals surface area contributed by atoms with E-state index in [1.165, 1.54) is 16.8 Å². The molecule has 0 radical (unpaired) electrons. The van der Waals surface area contributed by atoms with Crippen molar-refractivity contribution < 1.29 is 9.53 Å². The Morgan fingerprint density at radius 1 is 1.03 bits per heavy atom. The molecule has 30 heavy (non-hydrogen) atoms. The summed E-state index contributed by atoms with van der Waals surface area (Å²) in [6, 6.07) is 24.3. The van der Waals surface area contributed by atoms with Gasteiger partial charge in [0.05, 0.1) is 12.6 Å². The Kier molecular flexibility index (Phi) is 6.03. The van der Waals surface area contributed by atoms with E-state index in [0.717, 1.165) is 30.8 Å². The molecule has 1 aliphatic rings. The number of rotatable bonds is 7. The zero-order valence-electron chi connectivity index (χ0n) is 17.6. The molecule has 1 amide bonds. The van der Waals surface area contributed by atoms with Gasteiger partial charge in [0.1, 0.15) is 5.75 Å². The van der Waals surface area contributed by atoms with Gasteiger partial charge in [-0.15, -0.1) is 0 Å². The van der Waals surface area contributed by atoms with E-state index in [-0.39, 0.29) is 11.9 Å². The molecule has 3 aromatic rings. The van der Waals surface area contributed by atoms with Crippen LogP contribution in [0.3, 0.4) is 0 Å². The van der Waals surface area contributed by atoms with Crippen molar-refractivity contribution in [1.82, 2.24) is 5.32 Å². The summed E-state index contributed by atoms with van der Waals surface area (Å²) in [5.41, 5.74) is 5.68. The van der Waals surface area contributed by atoms with Crippen molar-refractivity contribution in [3.8, 4) is 5.75 Å². The number of carbonyl (C=O) groups excluding carboxylic acids is 1. The molecule has 3 aromatic carbocycles. The lowest BCUT2D eigenvalue weighted by atomic mass is 10.1. The third-order valence-electron chi connectivity index (χ3n) is 5.61. The zero-order chi connectivity index (χ0) is 20.9. The molecular formula is C26H28N2O2. The Morgan fingerprint density at radius 2 is 1.77 bits per heavy atom. The lowest BCUT2D eigenvalue weighted by Crippen LogP contribution is -2.26. The first kappa shape index (κ1) is 20.0. The van der Waals surface area contributed by atoms with Crippen LogP contribution in [0.1, 0.15) is 46.9 Å². The molecule has 0 aliphatic carbocycles. The summed E-state index contributed by atoms with van der Waals surface area (Å²) >= 11 is 0. The van der Waals surface area contributed by atoms with Crippen LogP contribution < -0.4 is 15.0 Å². The molecule has 1 N–H and O–H groups in total. The molecule has 0 bridgehead atoms. The Bertz CT molecular complexity index is 996. The minimum atomic E-state index is -0.0750. The predicted molar refractivity (Wildman–Crippen MR) is 121 cm³/mol. The van der Waals surface area contributed by atoms with Crippen molar-refractivity contribution in [3.05, 3.63) is 95.1 Å². The van der Waals surface area contributed by atoms with E-state index in [1.807, 2.05) is 50.2 Å². The second-order valence-electron chi connectivity index (χ2n) is 7.69. The normalized spacial score (nSPS) is 13.6. The number of carbonyl (C=O) groups is 1. The molecule has 0 saturated carbocycles. The van der Waals surface area contributed by atoms with Gasteiger partial charge in [0, 0.05) is 24.3 Å². The molecule has 4 heteroatoms. The average Bonchev–Trinajstić information content (AvgIpc) is 3.18. The minimum absolute atomic E-state index is 0.0607. The molecule has 0 aromatic heterocycles. The van der Waals surface area contributed by atoms with E-state index in [9.17, 15) is 4.79 Å². The van der Waals surface area contributed by atoms with E-state index in [4.69, 9.17) is 4.74 Å². The van der Waals surface area contributed by atoms with Crippen LogP contribution in [0.15, 0.2) is 72.8 Å². The Morgan fingerprint density at radius 3 is 2.50 bits per heavy atom. The highest BCUT2D eigenvalue weighted by Gasteiger charge is 2.18. The summed E-state index contributed by atoms with van der Waals surface area (Å²) in [4.78, 5) is 15.1. The molecule has 4 rings (SSSR count). The van der Waals surface area contributed by atoms with Crippen LogP contribution in [0.5, 0.6) is 5.75 Å². The van der Waals surface area contributed by atoms with Crippen LogP contribution in [0, 0.1) is 0 Å². The summed E-state index contributed by atoms with van der Waals surface area (Å²) in [7, 11) is 0. The highest BCUT2D eigenvalue weighted by molar-refractivity contribution is 5.94. The number of para-hydroxylation sites is 1. The molecule has 154 valence electrons. The quantitative estimate of drug-likeness (QED) is 0.597. The first-order chi connectivity index (χ1) is 14.6. The van der Waals surface area contributed by atoms with Crippen LogP contribution in [-0.4, -0.2) is 19.1 Å². The van der Waals surface area contributed by atoms with Crippen LogP contribution in [0.4, 0.5) is 5.69 Å². The predicted octanol–water partition coefficient (Wildman–Crippen LogP) is 5.14. The number of nitrogens with zero attached hydrogens (tertiary/aromatic N) is 1. The van der Waals surface area contributed by atoms with Gasteiger partial charge < -0.3 is 15.0 Å². The molecule has 0 unspecified atom stereocenters. The van der Waals surface area contributed by atoms with Gasteiger partial charge in [0.25, 0.3) is 5.91 Å². The molecular weight excluding hydrogens is 372 g/mol. The van der Waals surface area contributed by atoms with Crippen molar-refractivity contribution in [1.29, 1.82) is 0 Å². The summed E-state index contributed by atoms with van der Waals surface area (Å²) in [5.74, 6) is 0.783. The Labute approximate surface area is 178 Å². The lowest BCUT2D eigenvalue weighted by Gasteiger charge is -2.19. The molecule has 1 heterocycles. The first-order valence-corrected chi connectivity index (χ1v) is 10.6. The van der Waals surface area contributed by atoms with Crippen molar-refractivity contribution >= 4 is 11.6 Å². The fraction of sp³-hybridized carbons (Fsp3) is 0.269. The third-order valence-corrected chi connectivity index (χ3v) is 5.61. The van der Waals surface area contributed by atoms with Crippen molar-refractivity contribution in [2.45, 2.75) is 32.9 Å². The maximum Gasteiger partial charge on any atom is 0.251 e. The molecule has 4 nitrogen and oxygen atoms in total. The van der Waals surface area contributed by atoms with Crippen molar-refractivity contribution in [3.63, 3.8) is 0 Å². The number of benzene rings is 3. The first-order valence-electron chi connectivity index (χ1n) is 10.6. The van der Waals surface area contributed by atoms with E-state index in [1.54, 1.807) is 0 Å². The number of amides is 1. The SMILES string of the molecule is CCOc1ccc([C@@H](C)NC(=O)c2ccc(CN3CCc4ccccc43)cc2)cc1. The smallest absolute Gasteiger partial charge is 0.251 e. The number of anilines is 1.